The summed E-state index contributed by atoms with van der Waals surface area (Å²) >= 11 is 0. The lowest BCUT2D eigenvalue weighted by molar-refractivity contribution is 0.404. The summed E-state index contributed by atoms with van der Waals surface area (Å²) in [5, 5.41) is 0. The van der Waals surface area contributed by atoms with Crippen LogP contribution in [0.25, 0.3) is 0 Å². The van der Waals surface area contributed by atoms with E-state index in [0.29, 0.717) is 16.4 Å². The maximum absolute atomic E-state index is 12.7. The number of benzene rings is 2. The number of para-hydroxylation sites is 1. The van der Waals surface area contributed by atoms with Gasteiger partial charge in [-0.15, -0.1) is 0 Å². The van der Waals surface area contributed by atoms with Gasteiger partial charge in [0.15, 0.2) is 0 Å². The molecule has 23 heavy (non-hydrogen) atoms. The molecule has 0 spiro atoms. The average Bonchev–Trinajstić information content (AvgIpc) is 3.02. The predicted octanol–water partition coefficient (Wildman–Crippen LogP) is 3.25. The van der Waals surface area contributed by atoms with Gasteiger partial charge in [0.1, 0.15) is 11.6 Å². The lowest BCUT2D eigenvalue weighted by Gasteiger charge is -2.10. The van der Waals surface area contributed by atoms with Gasteiger partial charge in [0.2, 0.25) is 0 Å². The number of rotatable bonds is 6. The molecule has 0 radical (unpaired) electrons. The minimum atomic E-state index is -1.20. The van der Waals surface area contributed by atoms with Crippen LogP contribution < -0.4 is 4.74 Å². The Morgan fingerprint density at radius 2 is 1.83 bits per heavy atom. The number of hydrogen-bond acceptors (Lipinski definition) is 3. The van der Waals surface area contributed by atoms with Crippen molar-refractivity contribution >= 4 is 10.8 Å². The first-order valence-electron chi connectivity index (χ1n) is 7.33. The van der Waals surface area contributed by atoms with Crippen molar-refractivity contribution in [3.63, 3.8) is 0 Å². The Kier molecular flexibility index (Phi) is 4.88. The number of methoxy groups -OCH3 is 1. The molecule has 0 aliphatic carbocycles. The first kappa shape index (κ1) is 15.5. The summed E-state index contributed by atoms with van der Waals surface area (Å²) in [5.41, 5.74) is 1.19. The second-order valence-electron chi connectivity index (χ2n) is 5.10. The van der Waals surface area contributed by atoms with E-state index in [1.54, 1.807) is 13.3 Å². The standard InChI is InChI=1S/C18H18N2O2S/c1-22-16-9-5-6-10-17(16)23(21)14-18-19-11-12-20(18)13-15-7-3-2-4-8-15/h2-12H,13-14H2,1H3/t23-/m1/s1. The lowest BCUT2D eigenvalue weighted by atomic mass is 10.2. The van der Waals surface area contributed by atoms with Gasteiger partial charge in [-0.1, -0.05) is 42.5 Å². The van der Waals surface area contributed by atoms with Crippen molar-refractivity contribution in [1.29, 1.82) is 0 Å². The molecule has 1 aromatic heterocycles. The molecule has 0 bridgehead atoms. The molecule has 0 aliphatic heterocycles. The van der Waals surface area contributed by atoms with Gasteiger partial charge in [0.05, 0.1) is 28.6 Å². The van der Waals surface area contributed by atoms with E-state index in [1.807, 2.05) is 53.2 Å². The fourth-order valence-corrected chi connectivity index (χ4v) is 3.64. The number of ether oxygens (including phenoxy) is 1. The van der Waals surface area contributed by atoms with Gasteiger partial charge < -0.3 is 9.30 Å². The Morgan fingerprint density at radius 1 is 1.09 bits per heavy atom. The highest BCUT2D eigenvalue weighted by atomic mass is 32.2. The fraction of sp³-hybridized carbons (Fsp3) is 0.167. The van der Waals surface area contributed by atoms with Crippen LogP contribution in [0.5, 0.6) is 5.75 Å². The Bertz CT molecular complexity index is 800. The monoisotopic (exact) mass is 326 g/mol. The Morgan fingerprint density at radius 3 is 2.61 bits per heavy atom. The highest BCUT2D eigenvalue weighted by Gasteiger charge is 2.14. The van der Waals surface area contributed by atoms with Crippen molar-refractivity contribution < 1.29 is 8.95 Å². The molecule has 0 amide bonds. The Hall–Kier alpha value is -2.40. The Labute approximate surface area is 138 Å². The molecule has 0 fully saturated rings. The molecule has 0 unspecified atom stereocenters. The third kappa shape index (κ3) is 3.68. The molecule has 0 saturated heterocycles. The van der Waals surface area contributed by atoms with Crippen LogP contribution in [0.2, 0.25) is 0 Å². The summed E-state index contributed by atoms with van der Waals surface area (Å²) in [6.07, 6.45) is 3.67. The first-order valence-corrected chi connectivity index (χ1v) is 8.65. The van der Waals surface area contributed by atoms with E-state index in [0.717, 1.165) is 12.4 Å². The van der Waals surface area contributed by atoms with Crippen LogP contribution in [0.4, 0.5) is 0 Å². The van der Waals surface area contributed by atoms with Crippen LogP contribution in [0.1, 0.15) is 11.4 Å². The number of aromatic nitrogens is 2. The van der Waals surface area contributed by atoms with E-state index in [9.17, 15) is 4.21 Å². The highest BCUT2D eigenvalue weighted by molar-refractivity contribution is 7.84. The molecule has 4 nitrogen and oxygen atoms in total. The zero-order chi connectivity index (χ0) is 16.1. The SMILES string of the molecule is COc1ccccc1[S@](=O)Cc1nccn1Cc1ccccc1. The third-order valence-electron chi connectivity index (χ3n) is 3.57. The van der Waals surface area contributed by atoms with Gasteiger partial charge in [-0.25, -0.2) is 4.98 Å². The quantitative estimate of drug-likeness (QED) is 0.698. The molecule has 3 aromatic rings. The average molecular weight is 326 g/mol. The van der Waals surface area contributed by atoms with Crippen LogP contribution in [0.15, 0.2) is 71.9 Å². The minimum absolute atomic E-state index is 0.361. The van der Waals surface area contributed by atoms with Crippen molar-refractivity contribution in [2.75, 3.05) is 7.11 Å². The zero-order valence-corrected chi connectivity index (χ0v) is 13.7. The Balaban J connectivity index is 1.79. The molecule has 1 atom stereocenters. The maximum Gasteiger partial charge on any atom is 0.134 e. The third-order valence-corrected chi connectivity index (χ3v) is 4.92. The number of hydrogen-bond donors (Lipinski definition) is 0. The van der Waals surface area contributed by atoms with E-state index in [1.165, 1.54) is 5.56 Å². The number of imidazole rings is 1. The summed E-state index contributed by atoms with van der Waals surface area (Å²) < 4.78 is 20.0. The smallest absolute Gasteiger partial charge is 0.134 e. The van der Waals surface area contributed by atoms with Crippen LogP contribution in [0, 0.1) is 0 Å². The van der Waals surface area contributed by atoms with Crippen molar-refractivity contribution in [2.24, 2.45) is 0 Å². The molecule has 2 aromatic carbocycles. The van der Waals surface area contributed by atoms with E-state index in [-0.39, 0.29) is 0 Å². The molecule has 118 valence electrons. The summed E-state index contributed by atoms with van der Waals surface area (Å²) in [6.45, 7) is 0.722. The van der Waals surface area contributed by atoms with E-state index >= 15 is 0 Å². The normalized spacial score (nSPS) is 12.0. The molecule has 1 heterocycles. The molecule has 0 aliphatic rings. The molecule has 5 heteroatoms. The molecule has 0 N–H and O–H groups in total. The van der Waals surface area contributed by atoms with Gasteiger partial charge in [-0.2, -0.15) is 0 Å². The van der Waals surface area contributed by atoms with Crippen molar-refractivity contribution in [2.45, 2.75) is 17.2 Å². The molecular formula is C18H18N2O2S. The van der Waals surface area contributed by atoms with E-state index < -0.39 is 10.8 Å². The van der Waals surface area contributed by atoms with Crippen molar-refractivity contribution in [1.82, 2.24) is 9.55 Å². The summed E-state index contributed by atoms with van der Waals surface area (Å²) in [7, 11) is 0.389. The van der Waals surface area contributed by atoms with Crippen LogP contribution in [-0.4, -0.2) is 20.9 Å². The molecule has 0 saturated carbocycles. The largest absolute Gasteiger partial charge is 0.495 e. The van der Waals surface area contributed by atoms with Gasteiger partial charge in [-0.3, -0.25) is 4.21 Å². The maximum atomic E-state index is 12.7. The zero-order valence-electron chi connectivity index (χ0n) is 12.9. The number of nitrogens with zero attached hydrogens (tertiary/aromatic N) is 2. The topological polar surface area (TPSA) is 44.1 Å². The second kappa shape index (κ2) is 7.24. The lowest BCUT2D eigenvalue weighted by Crippen LogP contribution is -2.08. The van der Waals surface area contributed by atoms with E-state index in [4.69, 9.17) is 4.74 Å². The summed E-state index contributed by atoms with van der Waals surface area (Å²) in [5.74, 6) is 1.81. The van der Waals surface area contributed by atoms with Crippen molar-refractivity contribution in [3.05, 3.63) is 78.4 Å². The van der Waals surface area contributed by atoms with Crippen LogP contribution in [0.3, 0.4) is 0 Å². The van der Waals surface area contributed by atoms with Crippen LogP contribution in [-0.2, 0) is 23.1 Å². The van der Waals surface area contributed by atoms with Gasteiger partial charge in [0.25, 0.3) is 0 Å². The summed E-state index contributed by atoms with van der Waals surface area (Å²) in [6, 6.07) is 17.6. The van der Waals surface area contributed by atoms with Gasteiger partial charge in [-0.05, 0) is 17.7 Å². The van der Waals surface area contributed by atoms with E-state index in [2.05, 4.69) is 17.1 Å². The van der Waals surface area contributed by atoms with Gasteiger partial charge in [0, 0.05) is 18.9 Å². The first-order chi connectivity index (χ1) is 11.3. The molecule has 3 rings (SSSR count). The summed E-state index contributed by atoms with van der Waals surface area (Å²) in [4.78, 5) is 5.06. The van der Waals surface area contributed by atoms with Crippen LogP contribution >= 0.6 is 0 Å². The predicted molar refractivity (Wildman–Crippen MR) is 90.9 cm³/mol. The second-order valence-corrected chi connectivity index (χ2v) is 6.52. The molecular weight excluding hydrogens is 308 g/mol. The fourth-order valence-electron chi connectivity index (χ4n) is 2.41. The highest BCUT2D eigenvalue weighted by Crippen LogP contribution is 2.23. The van der Waals surface area contributed by atoms with Crippen molar-refractivity contribution in [3.8, 4) is 5.75 Å². The van der Waals surface area contributed by atoms with Gasteiger partial charge >= 0.3 is 0 Å². The minimum Gasteiger partial charge on any atom is -0.495 e.